The molecule has 0 aliphatic carbocycles. The van der Waals surface area contributed by atoms with E-state index in [-0.39, 0.29) is 11.3 Å². The van der Waals surface area contributed by atoms with Gasteiger partial charge >= 0.3 is 0 Å². The third-order valence-corrected chi connectivity index (χ3v) is 3.30. The Balaban J connectivity index is 2.19. The van der Waals surface area contributed by atoms with Gasteiger partial charge in [0.05, 0.1) is 9.99 Å². The Bertz CT molecular complexity index is 737. The monoisotopic (exact) mass is 308 g/mol. The normalized spacial score (nSPS) is 11.1. The molecule has 0 saturated heterocycles. The minimum Gasteiger partial charge on any atom is -0.338 e. The molecule has 3 aromatic rings. The highest BCUT2D eigenvalue weighted by Gasteiger charge is 2.10. The molecule has 0 aliphatic heterocycles. The molecule has 0 aliphatic rings. The van der Waals surface area contributed by atoms with Crippen molar-refractivity contribution in [1.29, 1.82) is 0 Å². The molecule has 18 heavy (non-hydrogen) atoms. The van der Waals surface area contributed by atoms with Crippen LogP contribution in [0.25, 0.3) is 22.4 Å². The van der Waals surface area contributed by atoms with Gasteiger partial charge in [-0.2, -0.15) is 0 Å². The number of H-pyrrole nitrogens is 1. The Labute approximate surface area is 110 Å². The Morgan fingerprint density at radius 2 is 1.89 bits per heavy atom. The Morgan fingerprint density at radius 1 is 1.06 bits per heavy atom. The van der Waals surface area contributed by atoms with E-state index in [1.807, 2.05) is 0 Å². The van der Waals surface area contributed by atoms with Crippen molar-refractivity contribution < 1.29 is 8.78 Å². The molecule has 2 aromatic carbocycles. The predicted octanol–water partition coefficient (Wildman–Crippen LogP) is 4.27. The van der Waals surface area contributed by atoms with E-state index in [1.165, 1.54) is 12.1 Å². The molecular formula is C13H7BrF2N2. The molecule has 0 bridgehead atoms. The van der Waals surface area contributed by atoms with Crippen molar-refractivity contribution in [2.75, 3.05) is 0 Å². The van der Waals surface area contributed by atoms with E-state index >= 15 is 0 Å². The summed E-state index contributed by atoms with van der Waals surface area (Å²) >= 11 is 3.08. The number of aromatic nitrogens is 2. The average Bonchev–Trinajstić information content (AvgIpc) is 2.78. The zero-order valence-electron chi connectivity index (χ0n) is 9.05. The molecule has 0 radical (unpaired) electrons. The largest absolute Gasteiger partial charge is 0.338 e. The molecule has 90 valence electrons. The fraction of sp³-hybridized carbons (Fsp3) is 0. The van der Waals surface area contributed by atoms with Crippen molar-refractivity contribution in [1.82, 2.24) is 9.97 Å². The van der Waals surface area contributed by atoms with Gasteiger partial charge in [0, 0.05) is 5.56 Å². The first-order valence-electron chi connectivity index (χ1n) is 5.25. The summed E-state index contributed by atoms with van der Waals surface area (Å²) in [5.41, 5.74) is 1.43. The number of fused-ring (bicyclic) bond motifs is 1. The van der Waals surface area contributed by atoms with Crippen LogP contribution in [-0.2, 0) is 0 Å². The standard InChI is InChI=1S/C13H7BrF2N2/c14-8-5-4-7(6-10(8)16)13-17-11-3-1-2-9(15)12(11)18-13/h1-6H,(H,17,18). The predicted molar refractivity (Wildman–Crippen MR) is 69.1 cm³/mol. The van der Waals surface area contributed by atoms with Crippen LogP contribution in [0.4, 0.5) is 8.78 Å². The first kappa shape index (κ1) is 11.3. The summed E-state index contributed by atoms with van der Waals surface area (Å²) in [6, 6.07) is 9.32. The van der Waals surface area contributed by atoms with Crippen molar-refractivity contribution in [3.05, 3.63) is 52.5 Å². The Kier molecular flexibility index (Phi) is 2.63. The summed E-state index contributed by atoms with van der Waals surface area (Å²) < 4.78 is 27.3. The molecule has 1 heterocycles. The molecular weight excluding hydrogens is 302 g/mol. The minimum absolute atomic E-state index is 0.260. The molecule has 1 aromatic heterocycles. The number of hydrogen-bond acceptors (Lipinski definition) is 1. The maximum Gasteiger partial charge on any atom is 0.151 e. The second-order valence-corrected chi connectivity index (χ2v) is 4.70. The first-order chi connectivity index (χ1) is 8.65. The van der Waals surface area contributed by atoms with E-state index in [0.29, 0.717) is 21.4 Å². The lowest BCUT2D eigenvalue weighted by Gasteiger charge is -1.98. The average molecular weight is 309 g/mol. The molecule has 1 N–H and O–H groups in total. The van der Waals surface area contributed by atoms with Gasteiger partial charge in [-0.1, -0.05) is 6.07 Å². The topological polar surface area (TPSA) is 28.7 Å². The fourth-order valence-corrected chi connectivity index (χ4v) is 2.02. The summed E-state index contributed by atoms with van der Waals surface area (Å²) in [4.78, 5) is 7.11. The van der Waals surface area contributed by atoms with Crippen LogP contribution in [0.2, 0.25) is 0 Å². The molecule has 0 spiro atoms. The molecule has 5 heteroatoms. The van der Waals surface area contributed by atoms with E-state index in [9.17, 15) is 8.78 Å². The number of nitrogens with zero attached hydrogens (tertiary/aromatic N) is 1. The third-order valence-electron chi connectivity index (χ3n) is 2.66. The van der Waals surface area contributed by atoms with Crippen molar-refractivity contribution in [3.63, 3.8) is 0 Å². The van der Waals surface area contributed by atoms with Crippen molar-refractivity contribution in [3.8, 4) is 11.4 Å². The smallest absolute Gasteiger partial charge is 0.151 e. The summed E-state index contributed by atoms with van der Waals surface area (Å²) in [6.45, 7) is 0. The maximum absolute atomic E-state index is 13.5. The van der Waals surface area contributed by atoms with Gasteiger partial charge in [0.15, 0.2) is 5.82 Å². The quantitative estimate of drug-likeness (QED) is 0.714. The van der Waals surface area contributed by atoms with Crippen LogP contribution in [0.15, 0.2) is 40.9 Å². The number of rotatable bonds is 1. The summed E-state index contributed by atoms with van der Waals surface area (Å²) in [6.07, 6.45) is 0. The van der Waals surface area contributed by atoms with Crippen molar-refractivity contribution >= 4 is 27.0 Å². The Morgan fingerprint density at radius 3 is 2.61 bits per heavy atom. The number of benzene rings is 2. The van der Waals surface area contributed by atoms with Gasteiger partial charge in [-0.25, -0.2) is 13.8 Å². The number of aromatic amines is 1. The van der Waals surface area contributed by atoms with Crippen LogP contribution in [0, 0.1) is 11.6 Å². The molecule has 2 nitrogen and oxygen atoms in total. The number of nitrogens with one attached hydrogen (secondary N) is 1. The van der Waals surface area contributed by atoms with Crippen LogP contribution in [0.3, 0.4) is 0 Å². The van der Waals surface area contributed by atoms with Gasteiger partial charge < -0.3 is 4.98 Å². The van der Waals surface area contributed by atoms with E-state index in [0.717, 1.165) is 0 Å². The van der Waals surface area contributed by atoms with Crippen LogP contribution in [0.5, 0.6) is 0 Å². The van der Waals surface area contributed by atoms with Crippen LogP contribution < -0.4 is 0 Å². The second-order valence-electron chi connectivity index (χ2n) is 3.85. The van der Waals surface area contributed by atoms with E-state index in [1.54, 1.807) is 24.3 Å². The minimum atomic E-state index is -0.396. The van der Waals surface area contributed by atoms with Gasteiger partial charge in [0.2, 0.25) is 0 Å². The van der Waals surface area contributed by atoms with Gasteiger partial charge in [-0.05, 0) is 46.3 Å². The number of para-hydroxylation sites is 1. The van der Waals surface area contributed by atoms with Crippen LogP contribution in [-0.4, -0.2) is 9.97 Å². The van der Waals surface area contributed by atoms with E-state index in [2.05, 4.69) is 25.9 Å². The fourth-order valence-electron chi connectivity index (χ4n) is 1.78. The van der Waals surface area contributed by atoms with Crippen molar-refractivity contribution in [2.45, 2.75) is 0 Å². The summed E-state index contributed by atoms with van der Waals surface area (Å²) in [5, 5.41) is 0. The van der Waals surface area contributed by atoms with Crippen molar-refractivity contribution in [2.24, 2.45) is 0 Å². The highest BCUT2D eigenvalue weighted by atomic mass is 79.9. The number of imidazole rings is 1. The van der Waals surface area contributed by atoms with Gasteiger partial charge in [-0.3, -0.25) is 0 Å². The first-order valence-corrected chi connectivity index (χ1v) is 6.04. The van der Waals surface area contributed by atoms with Crippen LogP contribution >= 0.6 is 15.9 Å². The molecule has 3 rings (SSSR count). The lowest BCUT2D eigenvalue weighted by Crippen LogP contribution is -1.83. The lowest BCUT2D eigenvalue weighted by molar-refractivity contribution is 0.621. The highest BCUT2D eigenvalue weighted by molar-refractivity contribution is 9.10. The van der Waals surface area contributed by atoms with Gasteiger partial charge in [0.25, 0.3) is 0 Å². The summed E-state index contributed by atoms with van der Waals surface area (Å²) in [5.74, 6) is -0.331. The number of halogens is 3. The van der Waals surface area contributed by atoms with Gasteiger partial charge in [0.1, 0.15) is 17.2 Å². The molecule has 0 unspecified atom stereocenters. The molecule has 0 atom stereocenters. The SMILES string of the molecule is Fc1cc(-c2nc3c(F)cccc3[nH]2)ccc1Br. The number of hydrogen-bond donors (Lipinski definition) is 1. The van der Waals surface area contributed by atoms with Crippen LogP contribution in [0.1, 0.15) is 0 Å². The Hall–Kier alpha value is -1.75. The van der Waals surface area contributed by atoms with E-state index < -0.39 is 5.82 Å². The zero-order chi connectivity index (χ0) is 12.7. The second kappa shape index (κ2) is 4.17. The maximum atomic E-state index is 13.5. The summed E-state index contributed by atoms with van der Waals surface area (Å²) in [7, 11) is 0. The zero-order valence-corrected chi connectivity index (χ0v) is 10.6. The molecule has 0 fully saturated rings. The van der Waals surface area contributed by atoms with Gasteiger partial charge in [-0.15, -0.1) is 0 Å². The van der Waals surface area contributed by atoms with E-state index in [4.69, 9.17) is 0 Å². The molecule has 0 amide bonds. The molecule has 0 saturated carbocycles. The highest BCUT2D eigenvalue weighted by Crippen LogP contribution is 2.25. The lowest BCUT2D eigenvalue weighted by atomic mass is 10.2. The third kappa shape index (κ3) is 1.80.